The van der Waals surface area contributed by atoms with Crippen LogP contribution >= 0.6 is 0 Å². The zero-order chi connectivity index (χ0) is 5.54. The van der Waals surface area contributed by atoms with Crippen molar-refractivity contribution in [2.75, 3.05) is 7.11 Å². The zero-order valence-corrected chi connectivity index (χ0v) is 4.35. The Morgan fingerprint density at radius 2 is 2.57 bits per heavy atom. The quantitative estimate of drug-likeness (QED) is 0.370. The van der Waals surface area contributed by atoms with Gasteiger partial charge >= 0.3 is 0 Å². The van der Waals surface area contributed by atoms with Crippen LogP contribution in [0.5, 0.6) is 0 Å². The standard InChI is InChI=1S/C6H8O/c1-3-4-5-6-7-2/h1,5-6H,4H2,2H3/b6-5+. The monoisotopic (exact) mass is 96.1 g/mol. The van der Waals surface area contributed by atoms with Gasteiger partial charge in [0.15, 0.2) is 0 Å². The van der Waals surface area contributed by atoms with Crippen LogP contribution in [0.3, 0.4) is 0 Å². The minimum atomic E-state index is 0.647. The van der Waals surface area contributed by atoms with Crippen molar-refractivity contribution in [1.29, 1.82) is 0 Å². The van der Waals surface area contributed by atoms with Crippen molar-refractivity contribution >= 4 is 0 Å². The number of hydrogen-bond donors (Lipinski definition) is 0. The van der Waals surface area contributed by atoms with Gasteiger partial charge in [-0.1, -0.05) is 0 Å². The summed E-state index contributed by atoms with van der Waals surface area (Å²) in [6.45, 7) is 0. The predicted molar refractivity (Wildman–Crippen MR) is 29.6 cm³/mol. The number of terminal acetylenes is 1. The second-order valence-electron chi connectivity index (χ2n) is 1.02. The van der Waals surface area contributed by atoms with Crippen molar-refractivity contribution in [3.8, 4) is 12.3 Å². The first-order valence-corrected chi connectivity index (χ1v) is 2.03. The lowest BCUT2D eigenvalue weighted by atomic mass is 10.4. The van der Waals surface area contributed by atoms with Crippen LogP contribution in [-0.4, -0.2) is 7.11 Å². The molecule has 0 N–H and O–H groups in total. The van der Waals surface area contributed by atoms with Crippen LogP contribution in [0, 0.1) is 12.3 Å². The van der Waals surface area contributed by atoms with Crippen molar-refractivity contribution in [3.05, 3.63) is 12.3 Å². The smallest absolute Gasteiger partial charge is 0.0794 e. The van der Waals surface area contributed by atoms with Gasteiger partial charge in [-0.25, -0.2) is 0 Å². The fourth-order valence-electron chi connectivity index (χ4n) is 0.212. The normalized spacial score (nSPS) is 8.57. The summed E-state index contributed by atoms with van der Waals surface area (Å²) in [5, 5.41) is 0. The van der Waals surface area contributed by atoms with Crippen molar-refractivity contribution < 1.29 is 4.74 Å². The molecule has 7 heavy (non-hydrogen) atoms. The van der Waals surface area contributed by atoms with E-state index in [9.17, 15) is 0 Å². The lowest BCUT2D eigenvalue weighted by Crippen LogP contribution is -1.62. The molecule has 0 rings (SSSR count). The molecule has 1 nitrogen and oxygen atoms in total. The summed E-state index contributed by atoms with van der Waals surface area (Å²) in [7, 11) is 1.59. The Hall–Kier alpha value is -0.900. The average molecular weight is 96.1 g/mol. The number of hydrogen-bond acceptors (Lipinski definition) is 1. The Kier molecular flexibility index (Phi) is 4.44. The second-order valence-corrected chi connectivity index (χ2v) is 1.02. The molecule has 0 amide bonds. The molecule has 0 aliphatic carbocycles. The molecule has 0 unspecified atom stereocenters. The van der Waals surface area contributed by atoms with E-state index in [-0.39, 0.29) is 0 Å². The fourth-order valence-corrected chi connectivity index (χ4v) is 0.212. The number of methoxy groups -OCH3 is 1. The molecule has 0 saturated carbocycles. The van der Waals surface area contributed by atoms with Crippen LogP contribution < -0.4 is 0 Å². The van der Waals surface area contributed by atoms with Gasteiger partial charge in [-0.3, -0.25) is 0 Å². The van der Waals surface area contributed by atoms with E-state index in [1.54, 1.807) is 19.4 Å². The summed E-state index contributed by atoms with van der Waals surface area (Å²) in [6.07, 6.45) is 8.91. The zero-order valence-electron chi connectivity index (χ0n) is 4.35. The summed E-state index contributed by atoms with van der Waals surface area (Å²) in [6, 6.07) is 0. The first-order chi connectivity index (χ1) is 3.41. The van der Waals surface area contributed by atoms with E-state index in [4.69, 9.17) is 6.42 Å². The molecule has 0 aliphatic rings. The lowest BCUT2D eigenvalue weighted by molar-refractivity contribution is 0.337. The van der Waals surface area contributed by atoms with Crippen LogP contribution in [0.4, 0.5) is 0 Å². The molecule has 0 aliphatic heterocycles. The molecule has 0 aromatic rings. The Balaban J connectivity index is 2.97. The van der Waals surface area contributed by atoms with Crippen LogP contribution in [0.25, 0.3) is 0 Å². The van der Waals surface area contributed by atoms with Crippen molar-refractivity contribution in [1.82, 2.24) is 0 Å². The average Bonchev–Trinajstić information content (AvgIpc) is 1.69. The highest BCUT2D eigenvalue weighted by atomic mass is 16.5. The fraction of sp³-hybridized carbons (Fsp3) is 0.333. The topological polar surface area (TPSA) is 9.23 Å². The SMILES string of the molecule is C#CC/C=C/OC. The first-order valence-electron chi connectivity index (χ1n) is 2.03. The molecule has 0 atom stereocenters. The maximum atomic E-state index is 4.91. The Morgan fingerprint density at radius 1 is 1.86 bits per heavy atom. The van der Waals surface area contributed by atoms with Crippen molar-refractivity contribution in [2.24, 2.45) is 0 Å². The van der Waals surface area contributed by atoms with Crippen molar-refractivity contribution in [2.45, 2.75) is 6.42 Å². The maximum Gasteiger partial charge on any atom is 0.0794 e. The third-order valence-electron chi connectivity index (χ3n) is 0.468. The molecule has 0 bridgehead atoms. The third kappa shape index (κ3) is 5.10. The van der Waals surface area contributed by atoms with E-state index in [0.717, 1.165) is 0 Å². The van der Waals surface area contributed by atoms with Gasteiger partial charge in [0.2, 0.25) is 0 Å². The summed E-state index contributed by atoms with van der Waals surface area (Å²) in [4.78, 5) is 0. The van der Waals surface area contributed by atoms with Gasteiger partial charge in [0.25, 0.3) is 0 Å². The number of ether oxygens (including phenoxy) is 1. The number of rotatable bonds is 2. The van der Waals surface area contributed by atoms with Gasteiger partial charge in [0, 0.05) is 6.42 Å². The van der Waals surface area contributed by atoms with Crippen LogP contribution in [0.15, 0.2) is 12.3 Å². The molecule has 0 heterocycles. The minimum Gasteiger partial charge on any atom is -0.505 e. The highest BCUT2D eigenvalue weighted by Gasteiger charge is 1.62. The molecule has 0 fully saturated rings. The van der Waals surface area contributed by atoms with E-state index >= 15 is 0 Å². The van der Waals surface area contributed by atoms with Gasteiger partial charge in [-0.2, -0.15) is 0 Å². The Morgan fingerprint density at radius 3 is 3.00 bits per heavy atom. The van der Waals surface area contributed by atoms with Gasteiger partial charge in [-0.05, 0) is 6.08 Å². The Labute approximate surface area is 44.0 Å². The summed E-state index contributed by atoms with van der Waals surface area (Å²) >= 11 is 0. The molecular formula is C6H8O. The van der Waals surface area contributed by atoms with E-state index in [1.807, 2.05) is 0 Å². The van der Waals surface area contributed by atoms with Gasteiger partial charge in [0.1, 0.15) is 0 Å². The van der Waals surface area contributed by atoms with E-state index in [0.29, 0.717) is 6.42 Å². The van der Waals surface area contributed by atoms with E-state index in [2.05, 4.69) is 10.7 Å². The van der Waals surface area contributed by atoms with Crippen LogP contribution in [-0.2, 0) is 4.74 Å². The van der Waals surface area contributed by atoms with Crippen LogP contribution in [0.2, 0.25) is 0 Å². The highest BCUT2D eigenvalue weighted by Crippen LogP contribution is 1.77. The van der Waals surface area contributed by atoms with Gasteiger partial charge in [0.05, 0.1) is 13.4 Å². The minimum absolute atomic E-state index is 0.647. The molecule has 1 heteroatoms. The Bertz CT molecular complexity index is 86.8. The summed E-state index contributed by atoms with van der Waals surface area (Å²) in [5.74, 6) is 2.44. The lowest BCUT2D eigenvalue weighted by Gasteiger charge is -1.80. The summed E-state index contributed by atoms with van der Waals surface area (Å²) in [5.41, 5.74) is 0. The highest BCUT2D eigenvalue weighted by molar-refractivity contribution is 4.93. The molecule has 0 aromatic heterocycles. The first kappa shape index (κ1) is 6.10. The van der Waals surface area contributed by atoms with Crippen LogP contribution in [0.1, 0.15) is 6.42 Å². The van der Waals surface area contributed by atoms with E-state index in [1.165, 1.54) is 0 Å². The molecule has 38 valence electrons. The molecule has 0 spiro atoms. The number of allylic oxidation sites excluding steroid dienone is 1. The predicted octanol–water partition coefficient (Wildman–Crippen LogP) is 1.17. The second kappa shape index (κ2) is 5.10. The van der Waals surface area contributed by atoms with Gasteiger partial charge in [-0.15, -0.1) is 12.3 Å². The van der Waals surface area contributed by atoms with Crippen molar-refractivity contribution in [3.63, 3.8) is 0 Å². The largest absolute Gasteiger partial charge is 0.505 e. The van der Waals surface area contributed by atoms with E-state index < -0.39 is 0 Å². The molecule has 0 aromatic carbocycles. The molecule has 0 radical (unpaired) electrons. The summed E-state index contributed by atoms with van der Waals surface area (Å²) < 4.78 is 4.57. The molecular weight excluding hydrogens is 88.1 g/mol. The third-order valence-corrected chi connectivity index (χ3v) is 0.468. The molecule has 0 saturated heterocycles. The maximum absolute atomic E-state index is 4.91. The van der Waals surface area contributed by atoms with Gasteiger partial charge < -0.3 is 4.74 Å².